The van der Waals surface area contributed by atoms with Crippen molar-refractivity contribution in [3.63, 3.8) is 0 Å². The fourth-order valence-electron chi connectivity index (χ4n) is 3.28. The zero-order chi connectivity index (χ0) is 18.3. The molecular weight excluding hydrogens is 359 g/mol. The summed E-state index contributed by atoms with van der Waals surface area (Å²) in [5, 5.41) is 2.80. The van der Waals surface area contributed by atoms with Gasteiger partial charge < -0.3 is 14.3 Å². The summed E-state index contributed by atoms with van der Waals surface area (Å²) in [6, 6.07) is 9.07. The highest BCUT2D eigenvalue weighted by Gasteiger charge is 2.30. The second kappa shape index (κ2) is 6.28. The lowest BCUT2D eigenvalue weighted by Crippen LogP contribution is -2.36. The van der Waals surface area contributed by atoms with Gasteiger partial charge in [-0.2, -0.15) is 0 Å². The van der Waals surface area contributed by atoms with Gasteiger partial charge in [0.05, 0.1) is 23.3 Å². The SMILES string of the molecule is O=C(NC1CCS(=O)(=O)C1)c1cc2occc2n1Cc1ccc(F)cc1. The van der Waals surface area contributed by atoms with Gasteiger partial charge in [0.2, 0.25) is 0 Å². The Morgan fingerprint density at radius 3 is 2.73 bits per heavy atom. The lowest BCUT2D eigenvalue weighted by atomic mass is 10.2. The van der Waals surface area contributed by atoms with Crippen LogP contribution in [0, 0.1) is 5.82 Å². The Bertz CT molecular complexity index is 1070. The highest BCUT2D eigenvalue weighted by molar-refractivity contribution is 7.91. The molecule has 1 N–H and O–H groups in total. The molecule has 26 heavy (non-hydrogen) atoms. The Morgan fingerprint density at radius 2 is 2.04 bits per heavy atom. The molecule has 8 heteroatoms. The maximum atomic E-state index is 13.1. The van der Waals surface area contributed by atoms with Crippen LogP contribution in [0.1, 0.15) is 22.5 Å². The Hall–Kier alpha value is -2.61. The third kappa shape index (κ3) is 3.24. The summed E-state index contributed by atoms with van der Waals surface area (Å²) in [4.78, 5) is 12.7. The molecule has 2 aromatic heterocycles. The van der Waals surface area contributed by atoms with Gasteiger partial charge in [0, 0.05) is 24.7 Å². The summed E-state index contributed by atoms with van der Waals surface area (Å²) in [5.74, 6) is -0.611. The molecule has 1 fully saturated rings. The van der Waals surface area contributed by atoms with Crippen LogP contribution in [0.25, 0.3) is 11.1 Å². The zero-order valence-corrected chi connectivity index (χ0v) is 14.6. The van der Waals surface area contributed by atoms with E-state index in [0.29, 0.717) is 24.2 Å². The first-order valence-electron chi connectivity index (χ1n) is 8.24. The van der Waals surface area contributed by atoms with E-state index in [0.717, 1.165) is 11.1 Å². The topological polar surface area (TPSA) is 81.3 Å². The molecule has 1 aliphatic heterocycles. The molecule has 1 amide bonds. The van der Waals surface area contributed by atoms with Crippen molar-refractivity contribution in [2.45, 2.75) is 19.0 Å². The monoisotopic (exact) mass is 376 g/mol. The molecule has 1 unspecified atom stereocenters. The van der Waals surface area contributed by atoms with Crippen LogP contribution < -0.4 is 5.32 Å². The first-order chi connectivity index (χ1) is 12.4. The van der Waals surface area contributed by atoms with E-state index in [1.54, 1.807) is 28.8 Å². The van der Waals surface area contributed by atoms with Crippen LogP contribution >= 0.6 is 0 Å². The van der Waals surface area contributed by atoms with Gasteiger partial charge in [0.15, 0.2) is 15.4 Å². The minimum absolute atomic E-state index is 0.0342. The van der Waals surface area contributed by atoms with Crippen molar-refractivity contribution in [3.8, 4) is 0 Å². The van der Waals surface area contributed by atoms with E-state index in [9.17, 15) is 17.6 Å². The molecule has 3 heterocycles. The van der Waals surface area contributed by atoms with Crippen LogP contribution in [-0.4, -0.2) is 36.4 Å². The predicted molar refractivity (Wildman–Crippen MR) is 94.2 cm³/mol. The number of benzene rings is 1. The smallest absolute Gasteiger partial charge is 0.268 e. The van der Waals surface area contributed by atoms with Crippen LogP contribution in [0.2, 0.25) is 0 Å². The standard InChI is InChI=1S/C18H17FN2O4S/c19-13-3-1-12(2-4-13)10-21-15-5-7-25-17(15)9-16(21)18(22)20-14-6-8-26(23,24)11-14/h1-5,7,9,14H,6,8,10-11H2,(H,20,22). The molecule has 0 radical (unpaired) electrons. The lowest BCUT2D eigenvalue weighted by Gasteiger charge is -2.13. The number of nitrogens with one attached hydrogen (secondary N) is 1. The summed E-state index contributed by atoms with van der Waals surface area (Å²) in [6.07, 6.45) is 1.96. The number of hydrogen-bond acceptors (Lipinski definition) is 4. The van der Waals surface area contributed by atoms with Gasteiger partial charge in [0.25, 0.3) is 5.91 Å². The second-order valence-electron chi connectivity index (χ2n) is 6.49. The number of furan rings is 1. The molecule has 0 spiro atoms. The number of hydrogen-bond donors (Lipinski definition) is 1. The van der Waals surface area contributed by atoms with E-state index in [2.05, 4.69) is 5.32 Å². The quantitative estimate of drug-likeness (QED) is 0.758. The number of amides is 1. The highest BCUT2D eigenvalue weighted by Crippen LogP contribution is 2.23. The van der Waals surface area contributed by atoms with Crippen molar-refractivity contribution in [3.05, 3.63) is 59.7 Å². The average Bonchev–Trinajstić information content (AvgIpc) is 3.25. The summed E-state index contributed by atoms with van der Waals surface area (Å²) < 4.78 is 43.5. The molecule has 1 aromatic carbocycles. The average molecular weight is 376 g/mol. The number of sulfone groups is 1. The van der Waals surface area contributed by atoms with Crippen LogP contribution in [0.3, 0.4) is 0 Å². The Kier molecular flexibility index (Phi) is 4.07. The van der Waals surface area contributed by atoms with E-state index < -0.39 is 9.84 Å². The number of halogens is 1. The van der Waals surface area contributed by atoms with Crippen molar-refractivity contribution >= 4 is 26.8 Å². The van der Waals surface area contributed by atoms with Crippen molar-refractivity contribution < 1.29 is 22.0 Å². The van der Waals surface area contributed by atoms with Gasteiger partial charge in [-0.1, -0.05) is 12.1 Å². The van der Waals surface area contributed by atoms with E-state index in [1.165, 1.54) is 18.4 Å². The molecule has 3 aromatic rings. The predicted octanol–water partition coefficient (Wildman–Crippen LogP) is 2.34. The van der Waals surface area contributed by atoms with Crippen molar-refractivity contribution in [2.24, 2.45) is 0 Å². The van der Waals surface area contributed by atoms with Crippen molar-refractivity contribution in [1.29, 1.82) is 0 Å². The highest BCUT2D eigenvalue weighted by atomic mass is 32.2. The summed E-state index contributed by atoms with van der Waals surface area (Å²) in [5.41, 5.74) is 2.53. The van der Waals surface area contributed by atoms with Gasteiger partial charge in [-0.25, -0.2) is 12.8 Å². The molecule has 6 nitrogen and oxygen atoms in total. The molecule has 0 bridgehead atoms. The molecule has 1 saturated heterocycles. The largest absolute Gasteiger partial charge is 0.463 e. The summed E-state index contributed by atoms with van der Waals surface area (Å²) >= 11 is 0. The number of carbonyl (C=O) groups excluding carboxylic acids is 1. The summed E-state index contributed by atoms with van der Waals surface area (Å²) in [6.45, 7) is 0.370. The van der Waals surface area contributed by atoms with Crippen molar-refractivity contribution in [2.75, 3.05) is 11.5 Å². The number of aromatic nitrogens is 1. The third-order valence-corrected chi connectivity index (χ3v) is 6.34. The zero-order valence-electron chi connectivity index (χ0n) is 13.8. The first-order valence-corrected chi connectivity index (χ1v) is 10.1. The maximum Gasteiger partial charge on any atom is 0.268 e. The Balaban J connectivity index is 1.63. The van der Waals surface area contributed by atoms with Crippen LogP contribution in [-0.2, 0) is 16.4 Å². The number of carbonyl (C=O) groups is 1. The second-order valence-corrected chi connectivity index (χ2v) is 8.71. The van der Waals surface area contributed by atoms with Gasteiger partial charge in [-0.15, -0.1) is 0 Å². The normalized spacial score (nSPS) is 19.0. The number of fused-ring (bicyclic) bond motifs is 1. The molecule has 1 aliphatic rings. The van der Waals surface area contributed by atoms with Crippen molar-refractivity contribution in [1.82, 2.24) is 9.88 Å². The number of rotatable bonds is 4. The van der Waals surface area contributed by atoms with Gasteiger partial charge >= 0.3 is 0 Å². The van der Waals surface area contributed by atoms with Crippen LogP contribution in [0.4, 0.5) is 4.39 Å². The molecule has 1 atom stereocenters. The van der Waals surface area contributed by atoms with E-state index in [-0.39, 0.29) is 29.3 Å². The molecular formula is C18H17FN2O4S. The number of nitrogens with zero attached hydrogens (tertiary/aromatic N) is 1. The molecule has 0 saturated carbocycles. The maximum absolute atomic E-state index is 13.1. The van der Waals surface area contributed by atoms with Gasteiger partial charge in [0.1, 0.15) is 11.5 Å². The van der Waals surface area contributed by atoms with E-state index >= 15 is 0 Å². The van der Waals surface area contributed by atoms with Crippen LogP contribution in [0.15, 0.2) is 47.1 Å². The minimum Gasteiger partial charge on any atom is -0.463 e. The fraction of sp³-hybridized carbons (Fsp3) is 0.278. The molecule has 136 valence electrons. The fourth-order valence-corrected chi connectivity index (χ4v) is 4.95. The Morgan fingerprint density at radius 1 is 1.27 bits per heavy atom. The third-order valence-electron chi connectivity index (χ3n) is 4.58. The molecule has 4 rings (SSSR count). The van der Waals surface area contributed by atoms with E-state index in [4.69, 9.17) is 4.42 Å². The van der Waals surface area contributed by atoms with Gasteiger partial charge in [-0.3, -0.25) is 4.79 Å². The summed E-state index contributed by atoms with van der Waals surface area (Å²) in [7, 11) is -3.08. The first kappa shape index (κ1) is 16.8. The minimum atomic E-state index is -3.08. The van der Waals surface area contributed by atoms with Crippen LogP contribution in [0.5, 0.6) is 0 Å². The Labute approximate surface area is 149 Å². The molecule has 0 aliphatic carbocycles. The van der Waals surface area contributed by atoms with Gasteiger partial charge in [-0.05, 0) is 24.1 Å². The lowest BCUT2D eigenvalue weighted by molar-refractivity contribution is 0.0932. The van der Waals surface area contributed by atoms with E-state index in [1.807, 2.05) is 0 Å².